The van der Waals surface area contributed by atoms with Gasteiger partial charge >= 0.3 is 0 Å². The van der Waals surface area contributed by atoms with Gasteiger partial charge in [0.2, 0.25) is 5.88 Å². The molecule has 2 aromatic heterocycles. The van der Waals surface area contributed by atoms with Gasteiger partial charge in [-0.25, -0.2) is 4.98 Å². The molecule has 0 aliphatic rings. The minimum absolute atomic E-state index is 0.333. The van der Waals surface area contributed by atoms with E-state index in [1.54, 1.807) is 12.4 Å². The Balaban J connectivity index is 2.05. The molecule has 0 aliphatic heterocycles. The van der Waals surface area contributed by atoms with Gasteiger partial charge in [-0.05, 0) is 34.1 Å². The van der Waals surface area contributed by atoms with Crippen molar-refractivity contribution in [1.29, 1.82) is 0 Å². The highest BCUT2D eigenvalue weighted by Crippen LogP contribution is 2.30. The van der Waals surface area contributed by atoms with Crippen LogP contribution in [0.3, 0.4) is 0 Å². The van der Waals surface area contributed by atoms with E-state index in [1.807, 2.05) is 36.4 Å². The van der Waals surface area contributed by atoms with E-state index in [9.17, 15) is 0 Å². The average Bonchev–Trinajstić information content (AvgIpc) is 2.49. The van der Waals surface area contributed by atoms with Gasteiger partial charge in [-0.15, -0.1) is 11.6 Å². The van der Waals surface area contributed by atoms with Gasteiger partial charge in [-0.1, -0.05) is 18.2 Å². The highest BCUT2D eigenvalue weighted by atomic mass is 79.9. The molecule has 1 aromatic carbocycles. The van der Waals surface area contributed by atoms with Crippen LogP contribution in [0.2, 0.25) is 0 Å². The van der Waals surface area contributed by atoms with Crippen LogP contribution in [0.1, 0.15) is 5.56 Å². The molecular weight excluding hydrogens is 340 g/mol. The summed E-state index contributed by atoms with van der Waals surface area (Å²) in [7, 11) is 0. The zero-order valence-electron chi connectivity index (χ0n) is 10.4. The Bertz CT molecular complexity index is 758. The molecular formula is C15H10BrClN2O. The van der Waals surface area contributed by atoms with Crippen LogP contribution < -0.4 is 4.74 Å². The van der Waals surface area contributed by atoms with Crippen LogP contribution in [0, 0.1) is 0 Å². The van der Waals surface area contributed by atoms with E-state index in [0.29, 0.717) is 17.5 Å². The van der Waals surface area contributed by atoms with Gasteiger partial charge < -0.3 is 4.74 Å². The first-order chi connectivity index (χ1) is 9.78. The minimum atomic E-state index is 0.333. The first-order valence-electron chi connectivity index (χ1n) is 6.00. The number of hydrogen-bond acceptors (Lipinski definition) is 3. The maximum atomic E-state index is 5.93. The summed E-state index contributed by atoms with van der Waals surface area (Å²) in [6.45, 7) is 0. The predicted octanol–water partition coefficient (Wildman–Crippen LogP) is 4.92. The summed E-state index contributed by atoms with van der Waals surface area (Å²) in [6.07, 6.45) is 3.43. The summed E-state index contributed by atoms with van der Waals surface area (Å²) < 4.78 is 6.76. The van der Waals surface area contributed by atoms with Gasteiger partial charge in [0.05, 0.1) is 5.88 Å². The summed E-state index contributed by atoms with van der Waals surface area (Å²) in [5, 5.41) is 1.02. The fraction of sp³-hybridized carbons (Fsp3) is 0.0667. The fourth-order valence-electron chi connectivity index (χ4n) is 1.92. The lowest BCUT2D eigenvalue weighted by Crippen LogP contribution is -1.94. The monoisotopic (exact) mass is 348 g/mol. The Kier molecular flexibility index (Phi) is 3.85. The number of nitrogens with zero attached hydrogens (tertiary/aromatic N) is 2. The topological polar surface area (TPSA) is 35.0 Å². The van der Waals surface area contributed by atoms with Crippen LogP contribution in [0.5, 0.6) is 11.6 Å². The highest BCUT2D eigenvalue weighted by Gasteiger charge is 2.09. The van der Waals surface area contributed by atoms with E-state index in [4.69, 9.17) is 16.3 Å². The third kappa shape index (κ3) is 2.62. The van der Waals surface area contributed by atoms with Crippen molar-refractivity contribution >= 4 is 38.4 Å². The summed E-state index contributed by atoms with van der Waals surface area (Å²) in [4.78, 5) is 8.63. The molecule has 3 rings (SSSR count). The molecule has 0 saturated carbocycles. The lowest BCUT2D eigenvalue weighted by atomic mass is 10.2. The molecule has 5 heteroatoms. The van der Waals surface area contributed by atoms with E-state index in [0.717, 1.165) is 20.9 Å². The van der Waals surface area contributed by atoms with Crippen molar-refractivity contribution in [2.45, 2.75) is 5.88 Å². The number of ether oxygens (including phenoxy) is 1. The standard InChI is InChI=1S/C15H10BrClN2O/c16-12-7-11(8-17)15(19-9-12)20-13-5-1-3-10-4-2-6-18-14(10)13/h1-7,9H,8H2. The molecule has 0 fully saturated rings. The van der Waals surface area contributed by atoms with Crippen molar-refractivity contribution in [2.24, 2.45) is 0 Å². The zero-order chi connectivity index (χ0) is 13.9. The number of rotatable bonds is 3. The second kappa shape index (κ2) is 5.77. The van der Waals surface area contributed by atoms with Crippen molar-refractivity contribution in [2.75, 3.05) is 0 Å². The Morgan fingerprint density at radius 1 is 1.15 bits per heavy atom. The quantitative estimate of drug-likeness (QED) is 0.629. The molecule has 2 heterocycles. The molecule has 3 nitrogen and oxygen atoms in total. The summed E-state index contributed by atoms with van der Waals surface area (Å²) in [6, 6.07) is 11.6. The number of aromatic nitrogens is 2. The maximum Gasteiger partial charge on any atom is 0.223 e. The molecule has 0 radical (unpaired) electrons. The van der Waals surface area contributed by atoms with E-state index in [2.05, 4.69) is 25.9 Å². The Morgan fingerprint density at radius 2 is 2.00 bits per heavy atom. The SMILES string of the molecule is ClCc1cc(Br)cnc1Oc1cccc2cccnc12. The first kappa shape index (κ1) is 13.3. The third-order valence-electron chi connectivity index (χ3n) is 2.84. The van der Waals surface area contributed by atoms with Crippen molar-refractivity contribution in [3.63, 3.8) is 0 Å². The summed E-state index contributed by atoms with van der Waals surface area (Å²) in [5.41, 5.74) is 1.63. The molecule has 0 amide bonds. The lowest BCUT2D eigenvalue weighted by molar-refractivity contribution is 0.462. The zero-order valence-corrected chi connectivity index (χ0v) is 12.7. The van der Waals surface area contributed by atoms with Gasteiger partial charge in [-0.3, -0.25) is 4.98 Å². The molecule has 0 N–H and O–H groups in total. The molecule has 0 spiro atoms. The van der Waals surface area contributed by atoms with Crippen LogP contribution in [0.25, 0.3) is 10.9 Å². The Labute approximate surface area is 129 Å². The number of halogens is 2. The van der Waals surface area contributed by atoms with E-state index >= 15 is 0 Å². The van der Waals surface area contributed by atoms with Crippen LogP contribution in [-0.2, 0) is 5.88 Å². The lowest BCUT2D eigenvalue weighted by Gasteiger charge is -2.10. The van der Waals surface area contributed by atoms with Gasteiger partial charge in [0.25, 0.3) is 0 Å². The number of alkyl halides is 1. The van der Waals surface area contributed by atoms with Crippen LogP contribution in [0.4, 0.5) is 0 Å². The summed E-state index contributed by atoms with van der Waals surface area (Å²) in [5.74, 6) is 1.51. The van der Waals surface area contributed by atoms with Crippen LogP contribution >= 0.6 is 27.5 Å². The van der Waals surface area contributed by atoms with E-state index in [1.165, 1.54) is 0 Å². The smallest absolute Gasteiger partial charge is 0.223 e. The average molecular weight is 350 g/mol. The van der Waals surface area contributed by atoms with Gasteiger partial charge in [0.1, 0.15) is 5.52 Å². The largest absolute Gasteiger partial charge is 0.436 e. The second-order valence-electron chi connectivity index (χ2n) is 4.18. The Morgan fingerprint density at radius 3 is 2.85 bits per heavy atom. The molecule has 0 saturated heterocycles. The fourth-order valence-corrected chi connectivity index (χ4v) is 2.49. The molecule has 0 bridgehead atoms. The predicted molar refractivity (Wildman–Crippen MR) is 83.3 cm³/mol. The third-order valence-corrected chi connectivity index (χ3v) is 3.56. The van der Waals surface area contributed by atoms with Crippen LogP contribution in [0.15, 0.2) is 53.3 Å². The van der Waals surface area contributed by atoms with Gasteiger partial charge in [-0.2, -0.15) is 0 Å². The van der Waals surface area contributed by atoms with Crippen molar-refractivity contribution in [1.82, 2.24) is 9.97 Å². The van der Waals surface area contributed by atoms with Gasteiger partial charge in [0.15, 0.2) is 5.75 Å². The molecule has 20 heavy (non-hydrogen) atoms. The number of benzene rings is 1. The molecule has 100 valence electrons. The normalized spacial score (nSPS) is 10.7. The molecule has 0 unspecified atom stereocenters. The molecule has 0 atom stereocenters. The Hall–Kier alpha value is -1.65. The van der Waals surface area contributed by atoms with Gasteiger partial charge in [0, 0.05) is 27.8 Å². The first-order valence-corrected chi connectivity index (χ1v) is 7.32. The molecule has 3 aromatic rings. The van der Waals surface area contributed by atoms with Crippen LogP contribution in [-0.4, -0.2) is 9.97 Å². The van der Waals surface area contributed by atoms with E-state index in [-0.39, 0.29) is 0 Å². The number of para-hydroxylation sites is 1. The number of fused-ring (bicyclic) bond motifs is 1. The summed E-state index contributed by atoms with van der Waals surface area (Å²) >= 11 is 9.31. The van der Waals surface area contributed by atoms with E-state index < -0.39 is 0 Å². The van der Waals surface area contributed by atoms with Crippen molar-refractivity contribution in [3.05, 3.63) is 58.8 Å². The number of pyridine rings is 2. The minimum Gasteiger partial charge on any atom is -0.436 e. The second-order valence-corrected chi connectivity index (χ2v) is 5.37. The van der Waals surface area contributed by atoms with Crippen molar-refractivity contribution in [3.8, 4) is 11.6 Å². The maximum absolute atomic E-state index is 5.93. The highest BCUT2D eigenvalue weighted by molar-refractivity contribution is 9.10. The number of hydrogen-bond donors (Lipinski definition) is 0. The van der Waals surface area contributed by atoms with Crippen molar-refractivity contribution < 1.29 is 4.74 Å². The molecule has 0 aliphatic carbocycles.